The van der Waals surface area contributed by atoms with Crippen molar-refractivity contribution in [2.24, 2.45) is 10.4 Å². The van der Waals surface area contributed by atoms with E-state index in [9.17, 15) is 19.1 Å². The van der Waals surface area contributed by atoms with E-state index in [-0.39, 0.29) is 24.8 Å². The van der Waals surface area contributed by atoms with Gasteiger partial charge < -0.3 is 15.2 Å². The number of alkyl halides is 2. The molecule has 1 aromatic heterocycles. The van der Waals surface area contributed by atoms with Gasteiger partial charge in [0.2, 0.25) is 0 Å². The van der Waals surface area contributed by atoms with Gasteiger partial charge in [0, 0.05) is 42.4 Å². The summed E-state index contributed by atoms with van der Waals surface area (Å²) < 4.78 is 51.6. The molecule has 4 heterocycles. The number of esters is 1. The first-order valence-electron chi connectivity index (χ1n) is 14.4. The Labute approximate surface area is 251 Å². The van der Waals surface area contributed by atoms with Crippen molar-refractivity contribution < 1.29 is 32.6 Å². The van der Waals surface area contributed by atoms with Crippen LogP contribution in [0.15, 0.2) is 46.0 Å². The molecule has 1 aliphatic carbocycles. The molecule has 1 aromatic carbocycles. The third kappa shape index (κ3) is 5.14. The first-order chi connectivity index (χ1) is 20.4. The van der Waals surface area contributed by atoms with Crippen molar-refractivity contribution >= 4 is 29.1 Å². The van der Waals surface area contributed by atoms with E-state index in [2.05, 4.69) is 10.3 Å². The molecule has 230 valence electrons. The molecule has 0 spiro atoms. The Morgan fingerprint density at radius 2 is 2.05 bits per heavy atom. The highest BCUT2D eigenvalue weighted by molar-refractivity contribution is 7.11. The molecular formula is C30H34F3N5O4S. The molecule has 2 saturated heterocycles. The van der Waals surface area contributed by atoms with E-state index in [0.717, 1.165) is 0 Å². The van der Waals surface area contributed by atoms with Gasteiger partial charge in [0.15, 0.2) is 10.8 Å². The third-order valence-corrected chi connectivity index (χ3v) is 10.1. The fourth-order valence-corrected chi connectivity index (χ4v) is 7.71. The Kier molecular flexibility index (Phi) is 7.62. The average Bonchev–Trinajstić information content (AvgIpc) is 3.67. The minimum Gasteiger partial charge on any atom is -0.481 e. The van der Waals surface area contributed by atoms with E-state index in [4.69, 9.17) is 9.73 Å². The molecule has 3 fully saturated rings. The summed E-state index contributed by atoms with van der Waals surface area (Å²) in [6, 6.07) is 1.88. The van der Waals surface area contributed by atoms with Gasteiger partial charge in [-0.2, -0.15) is 0 Å². The van der Waals surface area contributed by atoms with Gasteiger partial charge in [-0.25, -0.2) is 22.9 Å². The van der Waals surface area contributed by atoms with Crippen LogP contribution >= 0.6 is 11.3 Å². The van der Waals surface area contributed by atoms with E-state index in [1.165, 1.54) is 17.4 Å². The van der Waals surface area contributed by atoms with Crippen LogP contribution in [-0.4, -0.2) is 88.0 Å². The number of aliphatic carboxylic acids is 1. The van der Waals surface area contributed by atoms with Crippen molar-refractivity contribution in [2.75, 3.05) is 26.2 Å². The summed E-state index contributed by atoms with van der Waals surface area (Å²) in [4.78, 5) is 37.8. The maximum atomic E-state index is 15.7. The molecule has 2 unspecified atom stereocenters. The average molecular weight is 618 g/mol. The molecule has 6 rings (SSSR count). The summed E-state index contributed by atoms with van der Waals surface area (Å²) >= 11 is 1.33. The van der Waals surface area contributed by atoms with Gasteiger partial charge in [-0.1, -0.05) is 12.1 Å². The molecular weight excluding hydrogens is 583 g/mol. The van der Waals surface area contributed by atoms with E-state index in [1.54, 1.807) is 54.3 Å². The number of fused-ring (bicyclic) bond motifs is 1. The van der Waals surface area contributed by atoms with Gasteiger partial charge >= 0.3 is 11.9 Å². The zero-order chi connectivity index (χ0) is 30.7. The smallest absolute Gasteiger partial charge is 0.338 e. The Morgan fingerprint density at radius 1 is 1.28 bits per heavy atom. The number of carboxylic acids is 1. The zero-order valence-corrected chi connectivity index (χ0v) is 25.0. The Balaban J connectivity index is 1.36. The van der Waals surface area contributed by atoms with Gasteiger partial charge in [0.1, 0.15) is 11.9 Å². The van der Waals surface area contributed by atoms with Crippen molar-refractivity contribution in [3.63, 3.8) is 0 Å². The topological polar surface area (TPSA) is 107 Å². The molecule has 0 bridgehead atoms. The lowest BCUT2D eigenvalue weighted by Crippen LogP contribution is -2.58. The van der Waals surface area contributed by atoms with Gasteiger partial charge in [-0.05, 0) is 57.2 Å². The molecule has 3 aliphatic heterocycles. The number of carboxylic acid groups (broad SMARTS) is 1. The second-order valence-corrected chi connectivity index (χ2v) is 12.9. The monoisotopic (exact) mass is 617 g/mol. The zero-order valence-electron chi connectivity index (χ0n) is 24.1. The number of benzene rings is 1. The van der Waals surface area contributed by atoms with Gasteiger partial charge in [0.25, 0.3) is 5.92 Å². The Morgan fingerprint density at radius 3 is 2.72 bits per heavy atom. The summed E-state index contributed by atoms with van der Waals surface area (Å²) in [5, 5.41) is 15.1. The Hall–Kier alpha value is -3.29. The number of hydrogen-bond acceptors (Lipinski definition) is 9. The number of amidine groups is 1. The first-order valence-corrected chi connectivity index (χ1v) is 15.3. The normalized spacial score (nSPS) is 30.4. The lowest BCUT2D eigenvalue weighted by Gasteiger charge is -2.48. The van der Waals surface area contributed by atoms with Crippen LogP contribution < -0.4 is 5.32 Å². The summed E-state index contributed by atoms with van der Waals surface area (Å²) in [6.07, 6.45) is 2.78. The minimum atomic E-state index is -3.04. The highest BCUT2D eigenvalue weighted by Gasteiger charge is 2.63. The number of nitrogens with one attached hydrogen (secondary N) is 1. The van der Waals surface area contributed by atoms with E-state index in [0.29, 0.717) is 53.5 Å². The number of aromatic nitrogens is 1. The van der Waals surface area contributed by atoms with Crippen molar-refractivity contribution in [1.29, 1.82) is 0 Å². The predicted molar refractivity (Wildman–Crippen MR) is 154 cm³/mol. The van der Waals surface area contributed by atoms with Gasteiger partial charge in [-0.3, -0.25) is 19.6 Å². The molecule has 3 atom stereocenters. The SMILES string of the molecule is CCOC(=O)C1=C(CN2CC(F)(F)C3C2CCN3C2CC(C)(C(=O)O)C2)NC(c2nccs2)=N[C@H]1c1cccc(F)c1C. The summed E-state index contributed by atoms with van der Waals surface area (Å²) in [5.74, 6) is -4.68. The Bertz CT molecular complexity index is 1490. The molecule has 13 heteroatoms. The fraction of sp³-hybridized carbons (Fsp3) is 0.533. The minimum absolute atomic E-state index is 0.00842. The van der Waals surface area contributed by atoms with E-state index >= 15 is 8.78 Å². The lowest BCUT2D eigenvalue weighted by molar-refractivity contribution is -0.160. The molecule has 2 N–H and O–H groups in total. The van der Waals surface area contributed by atoms with Crippen LogP contribution in [0.3, 0.4) is 0 Å². The summed E-state index contributed by atoms with van der Waals surface area (Å²) in [6.45, 7) is 4.95. The maximum Gasteiger partial charge on any atom is 0.338 e. The number of carbonyl (C=O) groups excluding carboxylic acids is 1. The first kappa shape index (κ1) is 29.8. The second-order valence-electron chi connectivity index (χ2n) is 12.0. The van der Waals surface area contributed by atoms with Crippen molar-refractivity contribution in [3.8, 4) is 0 Å². The molecule has 2 aromatic rings. The van der Waals surface area contributed by atoms with Gasteiger partial charge in [-0.15, -0.1) is 11.3 Å². The summed E-state index contributed by atoms with van der Waals surface area (Å²) in [5.41, 5.74) is 0.417. The number of halogens is 3. The number of rotatable bonds is 8. The number of thiazole rings is 1. The largest absolute Gasteiger partial charge is 0.481 e. The van der Waals surface area contributed by atoms with Crippen LogP contribution in [0.25, 0.3) is 0 Å². The van der Waals surface area contributed by atoms with Crippen LogP contribution in [0, 0.1) is 18.2 Å². The predicted octanol–water partition coefficient (Wildman–Crippen LogP) is 4.15. The highest BCUT2D eigenvalue weighted by atomic mass is 32.1. The molecule has 0 radical (unpaired) electrons. The van der Waals surface area contributed by atoms with Crippen LogP contribution in [0.2, 0.25) is 0 Å². The number of ether oxygens (including phenoxy) is 1. The van der Waals surface area contributed by atoms with Crippen molar-refractivity contribution in [3.05, 3.63) is 63.0 Å². The molecule has 1 saturated carbocycles. The van der Waals surface area contributed by atoms with Crippen LogP contribution in [-0.2, 0) is 14.3 Å². The number of likely N-dealkylation sites (tertiary alicyclic amines) is 2. The van der Waals surface area contributed by atoms with E-state index in [1.807, 2.05) is 0 Å². The second kappa shape index (κ2) is 11.0. The molecule has 4 aliphatic rings. The van der Waals surface area contributed by atoms with E-state index < -0.39 is 53.8 Å². The summed E-state index contributed by atoms with van der Waals surface area (Å²) in [7, 11) is 0. The molecule has 43 heavy (non-hydrogen) atoms. The van der Waals surface area contributed by atoms with Crippen molar-refractivity contribution in [1.82, 2.24) is 20.1 Å². The quantitative estimate of drug-likeness (QED) is 0.426. The third-order valence-electron chi connectivity index (χ3n) is 9.30. The molecule has 0 amide bonds. The number of aliphatic imine (C=N–C) groups is 1. The number of carbonyl (C=O) groups is 2. The maximum absolute atomic E-state index is 15.7. The molecule has 9 nitrogen and oxygen atoms in total. The van der Waals surface area contributed by atoms with Crippen LogP contribution in [0.4, 0.5) is 13.2 Å². The number of nitrogens with zero attached hydrogens (tertiary/aromatic N) is 4. The highest BCUT2D eigenvalue weighted by Crippen LogP contribution is 2.50. The standard InChI is InChI=1S/C30H34F3N5O4S/c1-4-42-27(39)22-20(35-25(26-34-9-11-43-26)36-23(22)18-6-5-7-19(31)16(18)2)14-37-15-30(32,33)24-21(37)8-10-38(24)17-12-29(3,13-17)28(40)41/h5-7,9,11,17,21,23-24H,4,8,10,12-15H2,1-3H3,(H,35,36)(H,40,41)/t17?,21?,23-,24?,29?/m0/s1. The lowest BCUT2D eigenvalue weighted by atomic mass is 9.66. The number of hydrogen-bond donors (Lipinski definition) is 2. The van der Waals surface area contributed by atoms with Crippen molar-refractivity contribution in [2.45, 2.75) is 70.1 Å². The van der Waals surface area contributed by atoms with Crippen LogP contribution in [0.5, 0.6) is 0 Å². The van der Waals surface area contributed by atoms with Crippen LogP contribution in [0.1, 0.15) is 55.3 Å². The fourth-order valence-electron chi connectivity index (χ4n) is 7.13. The van der Waals surface area contributed by atoms with Gasteiger partial charge in [0.05, 0.1) is 30.2 Å².